The van der Waals surface area contributed by atoms with Crippen LogP contribution < -0.4 is 16.0 Å². The molecule has 0 unspecified atom stereocenters. The third-order valence-corrected chi connectivity index (χ3v) is 2.44. The van der Waals surface area contributed by atoms with Crippen molar-refractivity contribution in [1.29, 1.82) is 0 Å². The summed E-state index contributed by atoms with van der Waals surface area (Å²) >= 11 is 0. The largest absolute Gasteiger partial charge is 0.396 e. The lowest BCUT2D eigenvalue weighted by Crippen LogP contribution is -2.04. The van der Waals surface area contributed by atoms with Gasteiger partial charge >= 0.3 is 0 Å². The zero-order valence-electron chi connectivity index (χ0n) is 9.52. The molecule has 15 heavy (non-hydrogen) atoms. The maximum absolute atomic E-state index is 9.01. The van der Waals surface area contributed by atoms with E-state index in [1.54, 1.807) is 0 Å². The number of aliphatic hydroxyl groups is 1. The lowest BCUT2D eigenvalue weighted by molar-refractivity contribution is 0.300. The Kier molecular flexibility index (Phi) is 4.24. The quantitative estimate of drug-likeness (QED) is 0.591. The molecule has 0 atom stereocenters. The van der Waals surface area contributed by atoms with Crippen LogP contribution in [0.15, 0.2) is 12.1 Å². The molecule has 0 aliphatic carbocycles. The van der Waals surface area contributed by atoms with E-state index in [2.05, 4.69) is 16.0 Å². The Labute approximate surface area is 90.7 Å². The van der Waals surface area contributed by atoms with Crippen molar-refractivity contribution in [2.75, 3.05) is 43.7 Å². The molecule has 4 N–H and O–H groups in total. The number of benzene rings is 1. The van der Waals surface area contributed by atoms with Crippen molar-refractivity contribution in [3.8, 4) is 0 Å². The first kappa shape index (κ1) is 11.7. The molecule has 0 saturated carbocycles. The summed E-state index contributed by atoms with van der Waals surface area (Å²) in [4.78, 5) is 0. The zero-order chi connectivity index (χ0) is 11.3. The van der Waals surface area contributed by atoms with Crippen LogP contribution in [0.4, 0.5) is 17.1 Å². The smallest absolute Gasteiger partial charge is 0.0473 e. The average molecular weight is 209 g/mol. The first-order chi connectivity index (χ1) is 7.26. The molecule has 0 saturated heterocycles. The highest BCUT2D eigenvalue weighted by molar-refractivity contribution is 5.73. The van der Waals surface area contributed by atoms with Crippen molar-refractivity contribution in [1.82, 2.24) is 0 Å². The minimum Gasteiger partial charge on any atom is -0.396 e. The molecule has 0 spiro atoms. The summed E-state index contributed by atoms with van der Waals surface area (Å²) in [6.07, 6.45) is 0.649. The van der Waals surface area contributed by atoms with Gasteiger partial charge in [0.1, 0.15) is 0 Å². The van der Waals surface area contributed by atoms with Crippen LogP contribution in [0, 0.1) is 0 Å². The molecule has 1 rings (SSSR count). The number of aliphatic hydroxyl groups excluding tert-OH is 1. The first-order valence-corrected chi connectivity index (χ1v) is 5.07. The van der Waals surface area contributed by atoms with Gasteiger partial charge in [-0.15, -0.1) is 0 Å². The van der Waals surface area contributed by atoms with E-state index in [4.69, 9.17) is 5.11 Å². The van der Waals surface area contributed by atoms with Crippen LogP contribution in [0.1, 0.15) is 5.56 Å². The summed E-state index contributed by atoms with van der Waals surface area (Å²) in [5.74, 6) is 0. The Morgan fingerprint density at radius 2 is 1.53 bits per heavy atom. The topological polar surface area (TPSA) is 56.3 Å². The summed E-state index contributed by atoms with van der Waals surface area (Å²) < 4.78 is 0. The summed E-state index contributed by atoms with van der Waals surface area (Å²) in [5, 5.41) is 18.4. The molecule has 4 nitrogen and oxygen atoms in total. The number of rotatable bonds is 5. The molecule has 0 bridgehead atoms. The van der Waals surface area contributed by atoms with Crippen LogP contribution in [-0.2, 0) is 6.42 Å². The maximum Gasteiger partial charge on any atom is 0.0473 e. The van der Waals surface area contributed by atoms with Crippen molar-refractivity contribution in [2.45, 2.75) is 6.42 Å². The second-order valence-corrected chi connectivity index (χ2v) is 3.27. The first-order valence-electron chi connectivity index (χ1n) is 5.07. The van der Waals surface area contributed by atoms with Gasteiger partial charge in [-0.25, -0.2) is 0 Å². The fraction of sp³-hybridized carbons (Fsp3) is 0.455. The molecule has 0 amide bonds. The van der Waals surface area contributed by atoms with Gasteiger partial charge in [0.2, 0.25) is 0 Å². The molecule has 0 heterocycles. The fourth-order valence-corrected chi connectivity index (χ4v) is 1.64. The summed E-state index contributed by atoms with van der Waals surface area (Å²) in [7, 11) is 5.66. The van der Waals surface area contributed by atoms with Crippen molar-refractivity contribution in [3.05, 3.63) is 17.7 Å². The van der Waals surface area contributed by atoms with E-state index in [1.165, 1.54) is 0 Å². The molecule has 0 aliphatic rings. The van der Waals surface area contributed by atoms with Gasteiger partial charge in [0, 0.05) is 50.4 Å². The van der Waals surface area contributed by atoms with Crippen LogP contribution >= 0.6 is 0 Å². The van der Waals surface area contributed by atoms with E-state index in [0.717, 1.165) is 22.6 Å². The van der Waals surface area contributed by atoms with Crippen LogP contribution in [-0.4, -0.2) is 32.9 Å². The lowest BCUT2D eigenvalue weighted by Gasteiger charge is -2.16. The van der Waals surface area contributed by atoms with Crippen molar-refractivity contribution in [2.24, 2.45) is 0 Å². The van der Waals surface area contributed by atoms with Gasteiger partial charge in [-0.05, 0) is 18.6 Å². The van der Waals surface area contributed by atoms with E-state index in [9.17, 15) is 0 Å². The predicted octanol–water partition coefficient (Wildman–Crippen LogP) is 1.35. The molecule has 0 aliphatic heterocycles. The third-order valence-electron chi connectivity index (χ3n) is 2.44. The number of hydrogen-bond donors (Lipinski definition) is 4. The predicted molar refractivity (Wildman–Crippen MR) is 65.9 cm³/mol. The molecule has 0 aromatic heterocycles. The lowest BCUT2D eigenvalue weighted by atomic mass is 10.1. The van der Waals surface area contributed by atoms with Gasteiger partial charge in [0.15, 0.2) is 0 Å². The van der Waals surface area contributed by atoms with E-state index in [1.807, 2.05) is 33.3 Å². The van der Waals surface area contributed by atoms with Crippen LogP contribution in [0.2, 0.25) is 0 Å². The zero-order valence-corrected chi connectivity index (χ0v) is 9.52. The second kappa shape index (κ2) is 5.46. The average Bonchev–Trinajstić information content (AvgIpc) is 2.29. The van der Waals surface area contributed by atoms with E-state index >= 15 is 0 Å². The molecule has 4 heteroatoms. The fourth-order valence-electron chi connectivity index (χ4n) is 1.64. The summed E-state index contributed by atoms with van der Waals surface area (Å²) in [6, 6.07) is 4.07. The highest BCUT2D eigenvalue weighted by Crippen LogP contribution is 2.29. The molecular formula is C11H19N3O. The Bertz CT molecular complexity index is 301. The van der Waals surface area contributed by atoms with E-state index in [0.29, 0.717) is 6.42 Å². The molecule has 0 radical (unpaired) electrons. The second-order valence-electron chi connectivity index (χ2n) is 3.27. The maximum atomic E-state index is 9.01. The van der Waals surface area contributed by atoms with E-state index in [-0.39, 0.29) is 6.61 Å². The molecular weight excluding hydrogens is 190 g/mol. The monoisotopic (exact) mass is 209 g/mol. The summed E-state index contributed by atoms with van der Waals surface area (Å²) in [5.41, 5.74) is 4.24. The minimum absolute atomic E-state index is 0.155. The number of hydrogen-bond acceptors (Lipinski definition) is 4. The highest BCUT2D eigenvalue weighted by atomic mass is 16.2. The van der Waals surface area contributed by atoms with Crippen molar-refractivity contribution >= 4 is 17.1 Å². The Balaban J connectivity index is 3.19. The third kappa shape index (κ3) is 2.53. The highest BCUT2D eigenvalue weighted by Gasteiger charge is 2.08. The Hall–Kier alpha value is -1.42. The van der Waals surface area contributed by atoms with Crippen molar-refractivity contribution in [3.63, 3.8) is 0 Å². The van der Waals surface area contributed by atoms with Gasteiger partial charge in [-0.1, -0.05) is 0 Å². The van der Waals surface area contributed by atoms with E-state index < -0.39 is 0 Å². The molecule has 1 aromatic carbocycles. The molecule has 1 aromatic rings. The molecule has 84 valence electrons. The van der Waals surface area contributed by atoms with Gasteiger partial charge in [0.25, 0.3) is 0 Å². The van der Waals surface area contributed by atoms with Crippen molar-refractivity contribution < 1.29 is 5.11 Å². The Morgan fingerprint density at radius 1 is 1.00 bits per heavy atom. The SMILES string of the molecule is CNc1cc(NC)c(CCO)c(NC)c1. The minimum atomic E-state index is 0.155. The van der Waals surface area contributed by atoms with Gasteiger partial charge in [-0.2, -0.15) is 0 Å². The normalized spacial score (nSPS) is 9.87. The molecule has 0 fully saturated rings. The standard InChI is InChI=1S/C11H19N3O/c1-12-8-6-10(13-2)9(4-5-15)11(7-8)14-3/h6-7,12-15H,4-5H2,1-3H3. The van der Waals surface area contributed by atoms with Gasteiger partial charge in [0.05, 0.1) is 0 Å². The summed E-state index contributed by atoms with van der Waals surface area (Å²) in [6.45, 7) is 0.155. The number of anilines is 3. The number of nitrogens with one attached hydrogen (secondary N) is 3. The van der Waals surface area contributed by atoms with Crippen LogP contribution in [0.3, 0.4) is 0 Å². The van der Waals surface area contributed by atoms with Crippen LogP contribution in [0.5, 0.6) is 0 Å². The Morgan fingerprint density at radius 3 is 1.87 bits per heavy atom. The van der Waals surface area contributed by atoms with Gasteiger partial charge in [-0.3, -0.25) is 0 Å². The van der Waals surface area contributed by atoms with Gasteiger partial charge < -0.3 is 21.1 Å². The van der Waals surface area contributed by atoms with Crippen LogP contribution in [0.25, 0.3) is 0 Å².